The van der Waals surface area contributed by atoms with Crippen LogP contribution in [0.5, 0.6) is 0 Å². The first-order chi connectivity index (χ1) is 38.9. The van der Waals surface area contributed by atoms with Crippen LogP contribution >= 0.6 is 75.8 Å². The Bertz CT molecular complexity index is 1690. The second kappa shape index (κ2) is 55.9. The van der Waals surface area contributed by atoms with Crippen molar-refractivity contribution in [3.05, 3.63) is 12.3 Å². The van der Waals surface area contributed by atoms with Crippen molar-refractivity contribution in [2.24, 2.45) is 23.7 Å². The van der Waals surface area contributed by atoms with E-state index in [-0.39, 0.29) is 77.5 Å². The maximum absolute atomic E-state index is 11.6. The maximum Gasteiger partial charge on any atom is 0.327 e. The highest BCUT2D eigenvalue weighted by Crippen LogP contribution is 2.14. The molecule has 1 aliphatic heterocycles. The second-order valence-corrected chi connectivity index (χ2v) is 26.7. The summed E-state index contributed by atoms with van der Waals surface area (Å²) in [5.41, 5.74) is 0.492. The number of amides is 3. The lowest BCUT2D eigenvalue weighted by molar-refractivity contribution is -0.140. The van der Waals surface area contributed by atoms with Crippen LogP contribution in [0.15, 0.2) is 12.3 Å². The topological polar surface area (TPSA) is 306 Å². The predicted octanol–water partition coefficient (Wildman–Crippen LogP) is 3.67. The van der Waals surface area contributed by atoms with Crippen molar-refractivity contribution in [1.82, 2.24) is 57.2 Å². The molecule has 0 radical (unpaired) electrons. The van der Waals surface area contributed by atoms with Gasteiger partial charge in [0.05, 0.1) is 31.9 Å². The fourth-order valence-corrected chi connectivity index (χ4v) is 6.93. The van der Waals surface area contributed by atoms with Gasteiger partial charge in [0, 0.05) is 117 Å². The van der Waals surface area contributed by atoms with Gasteiger partial charge in [-0.05, 0) is 78.3 Å². The first-order valence-electron chi connectivity index (χ1n) is 29.0. The van der Waals surface area contributed by atoms with Crippen LogP contribution in [-0.2, 0) is 33.6 Å². The molecular weight excluding hydrogens is 1200 g/mol. The van der Waals surface area contributed by atoms with Crippen LogP contribution in [0.2, 0.25) is 0 Å². The number of carboxylic acid groups (broad SMARTS) is 4. The SMILES string of the molecule is C=C(CS)NC(CNC(=O)CS)C(=O)O.CC(C)C(CNCC(C)(C)S)CNCC(C)(C)S.CC(C)NC(=O)C(CS)NC(=O)CNCCS.CCC(C)C.CCC(C)C.O=C(O)CN1CCNCCN(CC(=O)O)CCN(CC(=O)O)CC1. The molecular formula is C56H117N11O11S6. The largest absolute Gasteiger partial charge is 0.480 e. The Morgan fingerprint density at radius 2 is 0.976 bits per heavy atom. The van der Waals surface area contributed by atoms with E-state index in [0.29, 0.717) is 87.9 Å². The minimum atomic E-state index is -1.06. The molecule has 1 aliphatic rings. The maximum atomic E-state index is 11.6. The first-order valence-corrected chi connectivity index (χ1v) is 32.4. The summed E-state index contributed by atoms with van der Waals surface area (Å²) < 4.78 is 0.115. The number of hydrogen-bond acceptors (Lipinski definition) is 21. The zero-order valence-electron chi connectivity index (χ0n) is 53.4. The van der Waals surface area contributed by atoms with Crippen LogP contribution in [0.1, 0.15) is 110 Å². The summed E-state index contributed by atoms with van der Waals surface area (Å²) >= 11 is 24.8. The lowest BCUT2D eigenvalue weighted by Crippen LogP contribution is -2.51. The molecule has 3 amide bonds. The van der Waals surface area contributed by atoms with Gasteiger partial charge in [-0.1, -0.05) is 74.8 Å². The molecule has 2 unspecified atom stereocenters. The highest BCUT2D eigenvalue weighted by Gasteiger charge is 2.22. The standard InChI is InChI=1S/C14H26N4O6.C14H32N2S2.C10H21N3O2S2.C8H14N2O3S2.2C5H12/c19-12(20)9-16-3-1-15-2-4-17(10-13(21)22)6-8-18(7-5-16)11-14(23)24;1-11(2)12(7-15-9-13(3,4)17)8-16-10-14(5,6)18;1-7(2)12-10(15)8(6-17)13-9(14)5-11-3-4-16;1-5(3-14)10-6(8(12)13)2-9-7(11)4-15;2*1-4-5(2)3/h15H,1-11H2,(H,19,20)(H,21,22)(H,23,24);11-12,15-18H,7-10H2,1-6H3;7-8,11,16-17H,3-6H2,1-2H3,(H,12,15)(H,13,14);6,10,14-15H,1-4H2,(H,9,11)(H,12,13);2*5H,4H2,1-3H3. The molecule has 22 nitrogen and oxygen atoms in total. The molecule has 1 fully saturated rings. The van der Waals surface area contributed by atoms with Gasteiger partial charge in [-0.25, -0.2) is 4.79 Å². The molecule has 84 heavy (non-hydrogen) atoms. The van der Waals surface area contributed by atoms with Crippen LogP contribution in [0, 0.1) is 23.7 Å². The average molecular weight is 1310 g/mol. The molecule has 0 aliphatic carbocycles. The molecule has 0 spiro atoms. The van der Waals surface area contributed by atoms with Crippen molar-refractivity contribution in [3.8, 4) is 0 Å². The Kier molecular flexibility index (Phi) is 60.2. The molecule has 0 aromatic rings. The number of aliphatic carboxylic acids is 4. The summed E-state index contributed by atoms with van der Waals surface area (Å²) in [4.78, 5) is 82.8. The number of carboxylic acids is 4. The van der Waals surface area contributed by atoms with Crippen molar-refractivity contribution >= 4 is 117 Å². The van der Waals surface area contributed by atoms with E-state index in [1.807, 2.05) is 13.8 Å². The molecule has 0 aromatic carbocycles. The fraction of sp³-hybridized carbons (Fsp3) is 0.839. The smallest absolute Gasteiger partial charge is 0.327 e. The number of nitrogens with one attached hydrogen (secondary N) is 8. The quantitative estimate of drug-likeness (QED) is 0.0338. The lowest BCUT2D eigenvalue weighted by Gasteiger charge is -2.29. The molecule has 1 heterocycles. The van der Waals surface area contributed by atoms with E-state index in [4.69, 9.17) is 20.4 Å². The van der Waals surface area contributed by atoms with Crippen molar-refractivity contribution in [1.29, 1.82) is 0 Å². The Hall–Kier alpha value is -2.35. The molecule has 12 N–H and O–H groups in total. The minimum Gasteiger partial charge on any atom is -0.480 e. The van der Waals surface area contributed by atoms with Gasteiger partial charge in [-0.3, -0.25) is 43.5 Å². The minimum absolute atomic E-state index is 0.0124. The molecule has 498 valence electrons. The van der Waals surface area contributed by atoms with Crippen molar-refractivity contribution in [3.63, 3.8) is 0 Å². The van der Waals surface area contributed by atoms with E-state index < -0.39 is 36.0 Å². The van der Waals surface area contributed by atoms with Gasteiger partial charge in [0.25, 0.3) is 0 Å². The molecule has 28 heteroatoms. The van der Waals surface area contributed by atoms with Crippen molar-refractivity contribution in [2.45, 2.75) is 137 Å². The summed E-state index contributed by atoms with van der Waals surface area (Å²) in [5.74, 6) is -0.199. The third kappa shape index (κ3) is 67.2. The third-order valence-corrected chi connectivity index (χ3v) is 13.2. The molecule has 1 rings (SSSR count). The summed E-state index contributed by atoms with van der Waals surface area (Å²) in [7, 11) is 0. The van der Waals surface area contributed by atoms with E-state index in [1.165, 1.54) is 12.8 Å². The van der Waals surface area contributed by atoms with Crippen molar-refractivity contribution < 1.29 is 54.0 Å². The molecule has 1 saturated heterocycles. The summed E-state index contributed by atoms with van der Waals surface area (Å²) in [6.45, 7) is 42.1. The lowest BCUT2D eigenvalue weighted by atomic mass is 9.95. The normalized spacial score (nSPS) is 14.3. The number of thiol groups is 6. The molecule has 0 bridgehead atoms. The van der Waals surface area contributed by atoms with Crippen LogP contribution < -0.4 is 42.5 Å². The Balaban J connectivity index is -0.000000316. The van der Waals surface area contributed by atoms with Crippen molar-refractivity contribution in [2.75, 3.05) is 141 Å². The van der Waals surface area contributed by atoms with Gasteiger partial charge in [0.2, 0.25) is 17.7 Å². The number of carbonyl (C=O) groups excluding carboxylic acids is 3. The Morgan fingerprint density at radius 3 is 1.27 bits per heavy atom. The second-order valence-electron chi connectivity index (χ2n) is 22.9. The van der Waals surface area contributed by atoms with E-state index in [9.17, 15) is 33.6 Å². The zero-order valence-corrected chi connectivity index (χ0v) is 58.8. The molecule has 0 saturated carbocycles. The van der Waals surface area contributed by atoms with Crippen LogP contribution in [0.25, 0.3) is 0 Å². The number of nitrogens with zero attached hydrogens (tertiary/aromatic N) is 3. The molecule has 0 aromatic heterocycles. The van der Waals surface area contributed by atoms with Gasteiger partial charge in [-0.2, -0.15) is 75.8 Å². The summed E-state index contributed by atoms with van der Waals surface area (Å²) in [6, 6.07) is -1.44. The van der Waals surface area contributed by atoms with Gasteiger partial charge in [0.1, 0.15) is 12.1 Å². The monoisotopic (exact) mass is 1310 g/mol. The summed E-state index contributed by atoms with van der Waals surface area (Å²) in [6.07, 6.45) is 2.61. The Labute approximate surface area is 539 Å². The van der Waals surface area contributed by atoms with E-state index >= 15 is 0 Å². The van der Waals surface area contributed by atoms with E-state index in [1.54, 1.807) is 14.7 Å². The first kappa shape index (κ1) is 90.4. The van der Waals surface area contributed by atoms with E-state index in [0.717, 1.165) is 38.0 Å². The number of hydrogen-bond donors (Lipinski definition) is 18. The van der Waals surface area contributed by atoms with Gasteiger partial charge in [-0.15, -0.1) is 0 Å². The Morgan fingerprint density at radius 1 is 0.571 bits per heavy atom. The van der Waals surface area contributed by atoms with Gasteiger partial charge in [0.15, 0.2) is 0 Å². The highest BCUT2D eigenvalue weighted by atomic mass is 32.1. The number of rotatable bonds is 32. The van der Waals surface area contributed by atoms with E-state index in [2.05, 4.69) is 208 Å². The highest BCUT2D eigenvalue weighted by molar-refractivity contribution is 7.82. The summed E-state index contributed by atoms with van der Waals surface area (Å²) in [5, 5.41) is 59.2. The average Bonchev–Trinajstić information content (AvgIpc) is 3.46. The molecule has 2 atom stereocenters. The number of carbonyl (C=O) groups is 7. The predicted molar refractivity (Wildman–Crippen MR) is 366 cm³/mol. The van der Waals surface area contributed by atoms with Crippen LogP contribution in [0.4, 0.5) is 0 Å². The fourth-order valence-electron chi connectivity index (χ4n) is 6.09. The van der Waals surface area contributed by atoms with Gasteiger partial charge < -0.3 is 63.0 Å². The third-order valence-electron chi connectivity index (χ3n) is 11.6. The van der Waals surface area contributed by atoms with Crippen LogP contribution in [0.3, 0.4) is 0 Å². The van der Waals surface area contributed by atoms with Crippen LogP contribution in [-0.4, -0.2) is 245 Å². The van der Waals surface area contributed by atoms with Gasteiger partial charge >= 0.3 is 23.9 Å². The zero-order chi connectivity index (χ0) is 66.0.